The van der Waals surface area contributed by atoms with Crippen LogP contribution in [0.5, 0.6) is 5.75 Å². The van der Waals surface area contributed by atoms with Crippen LogP contribution in [0.2, 0.25) is 0 Å². The normalized spacial score (nSPS) is 10.7. The number of H-pyrrole nitrogens is 1. The number of aromatic amines is 1. The summed E-state index contributed by atoms with van der Waals surface area (Å²) in [5.41, 5.74) is 4.09. The number of carbonyl (C=O) groups excluding carboxylic acids is 1. The predicted molar refractivity (Wildman–Crippen MR) is 149 cm³/mol. The van der Waals surface area contributed by atoms with Crippen molar-refractivity contribution in [2.24, 2.45) is 0 Å². The number of benzene rings is 3. The lowest BCUT2D eigenvalue weighted by Gasteiger charge is -2.13. The Bertz CT molecular complexity index is 1690. The molecule has 0 aliphatic heterocycles. The molecule has 0 spiro atoms. The number of fused-ring (bicyclic) bond motifs is 1. The molecule has 1 amide bonds. The van der Waals surface area contributed by atoms with Crippen molar-refractivity contribution in [3.63, 3.8) is 0 Å². The average Bonchev–Trinajstić information content (AvgIpc) is 3.38. The summed E-state index contributed by atoms with van der Waals surface area (Å²) in [6, 6.07) is 25.6. The largest absolute Gasteiger partial charge is 0.494 e. The number of amides is 1. The van der Waals surface area contributed by atoms with Crippen LogP contribution >= 0.6 is 11.8 Å². The molecule has 9 heteroatoms. The summed E-state index contributed by atoms with van der Waals surface area (Å²) in [5, 5.41) is 12.2. The first-order chi connectivity index (χ1) is 18.6. The highest BCUT2D eigenvalue weighted by Crippen LogP contribution is 2.29. The second kappa shape index (κ2) is 11.1. The summed E-state index contributed by atoms with van der Waals surface area (Å²) in [6.45, 7) is 2.44. The second-order valence-electron chi connectivity index (χ2n) is 8.28. The van der Waals surface area contributed by atoms with E-state index in [2.05, 4.69) is 16.4 Å². The van der Waals surface area contributed by atoms with Crippen molar-refractivity contribution < 1.29 is 9.53 Å². The van der Waals surface area contributed by atoms with E-state index >= 15 is 0 Å². The number of ether oxygens (including phenoxy) is 1. The first-order valence-electron chi connectivity index (χ1n) is 11.9. The molecule has 5 rings (SSSR count). The molecule has 0 atom stereocenters. The zero-order valence-electron chi connectivity index (χ0n) is 20.5. The summed E-state index contributed by atoms with van der Waals surface area (Å²) in [6.07, 6.45) is 1.78. The van der Waals surface area contributed by atoms with E-state index in [9.17, 15) is 9.59 Å². The molecule has 0 saturated carbocycles. The van der Waals surface area contributed by atoms with Crippen molar-refractivity contribution in [3.05, 3.63) is 101 Å². The van der Waals surface area contributed by atoms with Crippen LogP contribution in [-0.4, -0.2) is 32.8 Å². The molecule has 38 heavy (non-hydrogen) atoms. The lowest BCUT2D eigenvalue weighted by molar-refractivity contribution is -0.113. The third-order valence-electron chi connectivity index (χ3n) is 5.79. The maximum Gasteiger partial charge on any atom is 0.283 e. The summed E-state index contributed by atoms with van der Waals surface area (Å²) >= 11 is 1.17. The molecule has 2 N–H and O–H groups in total. The maximum atomic E-state index is 13.7. The first-order valence-corrected chi connectivity index (χ1v) is 12.9. The molecule has 0 radical (unpaired) electrons. The van der Waals surface area contributed by atoms with Crippen molar-refractivity contribution in [1.82, 2.24) is 14.5 Å². The summed E-state index contributed by atoms with van der Waals surface area (Å²) in [5.74, 6) is 0.463. The quantitative estimate of drug-likeness (QED) is 0.209. The number of hydrogen-bond donors (Lipinski definition) is 2. The van der Waals surface area contributed by atoms with Crippen LogP contribution in [0.4, 0.5) is 5.69 Å². The molecule has 3 aromatic carbocycles. The lowest BCUT2D eigenvalue weighted by Crippen LogP contribution is -2.23. The summed E-state index contributed by atoms with van der Waals surface area (Å²) in [4.78, 5) is 34.4. The van der Waals surface area contributed by atoms with E-state index in [1.54, 1.807) is 54.7 Å². The van der Waals surface area contributed by atoms with Crippen molar-refractivity contribution in [2.45, 2.75) is 12.1 Å². The van der Waals surface area contributed by atoms with E-state index in [4.69, 9.17) is 15.0 Å². The Hall–Kier alpha value is -4.81. The number of hydrogen-bond acceptors (Lipinski definition) is 6. The smallest absolute Gasteiger partial charge is 0.283 e. The number of rotatable bonds is 8. The van der Waals surface area contributed by atoms with Gasteiger partial charge in [0, 0.05) is 17.4 Å². The fourth-order valence-corrected chi connectivity index (χ4v) is 4.82. The average molecular weight is 522 g/mol. The van der Waals surface area contributed by atoms with Gasteiger partial charge in [-0.05, 0) is 61.0 Å². The van der Waals surface area contributed by atoms with Crippen LogP contribution in [0.1, 0.15) is 12.5 Å². The molecule has 0 unspecified atom stereocenters. The Morgan fingerprint density at radius 3 is 2.50 bits per heavy atom. The van der Waals surface area contributed by atoms with E-state index in [0.717, 1.165) is 11.1 Å². The van der Waals surface area contributed by atoms with Gasteiger partial charge in [-0.1, -0.05) is 42.1 Å². The number of nitrogens with zero attached hydrogens (tertiary/aromatic N) is 3. The van der Waals surface area contributed by atoms with Crippen LogP contribution in [-0.2, 0) is 4.79 Å². The minimum Gasteiger partial charge on any atom is -0.494 e. The molecule has 0 aliphatic rings. The lowest BCUT2D eigenvalue weighted by atomic mass is 10.1. The Labute approximate surface area is 222 Å². The number of carbonyl (C=O) groups is 1. The predicted octanol–water partition coefficient (Wildman–Crippen LogP) is 5.38. The van der Waals surface area contributed by atoms with Gasteiger partial charge in [0.25, 0.3) is 5.56 Å². The molecule has 2 heterocycles. The maximum absolute atomic E-state index is 13.7. The van der Waals surface area contributed by atoms with Gasteiger partial charge in [0.05, 0.1) is 29.7 Å². The van der Waals surface area contributed by atoms with Crippen LogP contribution in [0.15, 0.2) is 95.0 Å². The van der Waals surface area contributed by atoms with Crippen LogP contribution in [0.3, 0.4) is 0 Å². The molecule has 2 aromatic heterocycles. The molecule has 0 aliphatic carbocycles. The SMILES string of the molecule is CCOc1ccc(-n2c(SCC(=O)Nc3ccc(C#N)cc3)nc3c(-c4ccccc4)c[nH]c3c2=O)cc1. The van der Waals surface area contributed by atoms with Gasteiger partial charge in [0.15, 0.2) is 5.16 Å². The first kappa shape index (κ1) is 24.9. The third kappa shape index (κ3) is 5.16. The Morgan fingerprint density at radius 1 is 1.08 bits per heavy atom. The van der Waals surface area contributed by atoms with Gasteiger partial charge < -0.3 is 15.0 Å². The van der Waals surface area contributed by atoms with Gasteiger partial charge in [-0.25, -0.2) is 4.98 Å². The fourth-order valence-electron chi connectivity index (χ4n) is 4.01. The van der Waals surface area contributed by atoms with Crippen LogP contribution < -0.4 is 15.6 Å². The van der Waals surface area contributed by atoms with Crippen LogP contribution in [0, 0.1) is 11.3 Å². The van der Waals surface area contributed by atoms with E-state index < -0.39 is 0 Å². The highest BCUT2D eigenvalue weighted by atomic mass is 32.2. The highest BCUT2D eigenvalue weighted by Gasteiger charge is 2.19. The number of nitriles is 1. The van der Waals surface area contributed by atoms with Gasteiger partial charge in [-0.2, -0.15) is 5.26 Å². The van der Waals surface area contributed by atoms with Gasteiger partial charge in [0.2, 0.25) is 5.91 Å². The van der Waals surface area contributed by atoms with E-state index in [1.165, 1.54) is 16.3 Å². The fraction of sp³-hybridized carbons (Fsp3) is 0.103. The van der Waals surface area contributed by atoms with E-state index in [0.29, 0.717) is 45.5 Å². The Morgan fingerprint density at radius 2 is 1.82 bits per heavy atom. The van der Waals surface area contributed by atoms with Crippen LogP contribution in [0.25, 0.3) is 27.8 Å². The van der Waals surface area contributed by atoms with E-state index in [-0.39, 0.29) is 17.2 Å². The topological polar surface area (TPSA) is 113 Å². The minimum absolute atomic E-state index is 0.0278. The Kier molecular flexibility index (Phi) is 7.24. The molecule has 5 aromatic rings. The number of anilines is 1. The summed E-state index contributed by atoms with van der Waals surface area (Å²) in [7, 11) is 0. The molecular weight excluding hydrogens is 498 g/mol. The van der Waals surface area contributed by atoms with Crippen molar-refractivity contribution in [2.75, 3.05) is 17.7 Å². The molecule has 0 bridgehead atoms. The monoisotopic (exact) mass is 521 g/mol. The molecular formula is C29H23N5O3S. The van der Waals surface area contributed by atoms with Gasteiger partial charge in [0.1, 0.15) is 16.8 Å². The summed E-state index contributed by atoms with van der Waals surface area (Å²) < 4.78 is 7.05. The molecule has 0 fully saturated rings. The van der Waals surface area contributed by atoms with Crippen molar-refractivity contribution in [1.29, 1.82) is 5.26 Å². The Balaban J connectivity index is 1.52. The number of thioether (sulfide) groups is 1. The van der Waals surface area contributed by atoms with Crippen molar-refractivity contribution >= 4 is 34.4 Å². The van der Waals surface area contributed by atoms with Gasteiger partial charge in [-0.15, -0.1) is 0 Å². The number of aromatic nitrogens is 3. The standard InChI is InChI=1S/C29H23N5O3S/c1-2-37-23-14-12-22(13-15-23)34-28(36)27-26(24(17-31-27)20-6-4-3-5-7-20)33-29(34)38-18-25(35)32-21-10-8-19(16-30)9-11-21/h3-15,17,31H,2,18H2,1H3,(H,32,35). The zero-order valence-corrected chi connectivity index (χ0v) is 21.3. The minimum atomic E-state index is -0.267. The second-order valence-corrected chi connectivity index (χ2v) is 9.22. The molecule has 188 valence electrons. The van der Waals surface area contributed by atoms with Crippen molar-refractivity contribution in [3.8, 4) is 28.6 Å². The zero-order chi connectivity index (χ0) is 26.5. The molecule has 0 saturated heterocycles. The third-order valence-corrected chi connectivity index (χ3v) is 6.73. The highest BCUT2D eigenvalue weighted by molar-refractivity contribution is 7.99. The number of nitrogens with one attached hydrogen (secondary N) is 2. The van der Waals surface area contributed by atoms with Gasteiger partial charge >= 0.3 is 0 Å². The van der Waals surface area contributed by atoms with Gasteiger partial charge in [-0.3, -0.25) is 14.2 Å². The molecule has 8 nitrogen and oxygen atoms in total. The van der Waals surface area contributed by atoms with E-state index in [1.807, 2.05) is 37.3 Å².